The number of benzene rings is 1. The van der Waals surface area contributed by atoms with Gasteiger partial charge in [0, 0.05) is 23.2 Å². The van der Waals surface area contributed by atoms with Crippen LogP contribution in [0.15, 0.2) is 41.3 Å². The zero-order valence-corrected chi connectivity index (χ0v) is 14.8. The van der Waals surface area contributed by atoms with Crippen LogP contribution < -0.4 is 11.3 Å². The third-order valence-corrected chi connectivity index (χ3v) is 4.31. The molecule has 4 rings (SSSR count). The monoisotopic (exact) mass is 346 g/mol. The fourth-order valence-electron chi connectivity index (χ4n) is 3.11. The molecule has 2 N–H and O–H groups in total. The van der Waals surface area contributed by atoms with Crippen molar-refractivity contribution in [2.75, 3.05) is 5.73 Å². The highest BCUT2D eigenvalue weighted by atomic mass is 16.1. The molecular formula is C19H18N6O. The zero-order valence-electron chi connectivity index (χ0n) is 14.8. The number of hydrogen-bond acceptors (Lipinski definition) is 6. The number of nitrogens with zero attached hydrogens (tertiary/aromatic N) is 5. The molecule has 0 aliphatic carbocycles. The van der Waals surface area contributed by atoms with Crippen molar-refractivity contribution in [2.24, 2.45) is 0 Å². The van der Waals surface area contributed by atoms with Crippen LogP contribution in [0.4, 0.5) is 5.95 Å². The lowest BCUT2D eigenvalue weighted by Crippen LogP contribution is -2.26. The van der Waals surface area contributed by atoms with E-state index < -0.39 is 0 Å². The summed E-state index contributed by atoms with van der Waals surface area (Å²) in [6, 6.07) is 9.59. The summed E-state index contributed by atoms with van der Waals surface area (Å²) in [5.41, 5.74) is 9.08. The first kappa shape index (κ1) is 16.1. The van der Waals surface area contributed by atoms with Gasteiger partial charge in [-0.05, 0) is 32.9 Å². The Balaban J connectivity index is 2.09. The molecule has 0 radical (unpaired) electrons. The Hall–Kier alpha value is -3.35. The van der Waals surface area contributed by atoms with Crippen LogP contribution in [-0.4, -0.2) is 24.5 Å². The Kier molecular flexibility index (Phi) is 3.64. The van der Waals surface area contributed by atoms with E-state index in [1.807, 2.05) is 51.1 Å². The molecule has 130 valence electrons. The van der Waals surface area contributed by atoms with Crippen LogP contribution in [0.25, 0.3) is 33.3 Å². The summed E-state index contributed by atoms with van der Waals surface area (Å²) in [6.07, 6.45) is 1.68. The van der Waals surface area contributed by atoms with Crippen molar-refractivity contribution >= 4 is 28.0 Å². The van der Waals surface area contributed by atoms with Gasteiger partial charge in [0.1, 0.15) is 11.2 Å². The summed E-state index contributed by atoms with van der Waals surface area (Å²) < 4.78 is 1.61. The summed E-state index contributed by atoms with van der Waals surface area (Å²) in [7, 11) is 0. The normalized spacial score (nSPS) is 11.5. The predicted molar refractivity (Wildman–Crippen MR) is 102 cm³/mol. The fourth-order valence-corrected chi connectivity index (χ4v) is 3.11. The van der Waals surface area contributed by atoms with Gasteiger partial charge < -0.3 is 5.73 Å². The quantitative estimate of drug-likeness (QED) is 0.599. The van der Waals surface area contributed by atoms with Crippen LogP contribution in [0.2, 0.25) is 0 Å². The lowest BCUT2D eigenvalue weighted by Gasteiger charge is -2.15. The second kappa shape index (κ2) is 5.87. The molecular weight excluding hydrogens is 328 g/mol. The SMILES string of the molecule is Cc1nc(N)nc2c1nc(-c1cnc3ccccc3c1)c(=O)n2C(C)C. The number of pyridine rings is 1. The van der Waals surface area contributed by atoms with E-state index in [-0.39, 0.29) is 17.5 Å². The van der Waals surface area contributed by atoms with E-state index in [1.54, 1.807) is 10.8 Å². The molecule has 0 fully saturated rings. The molecule has 0 saturated carbocycles. The van der Waals surface area contributed by atoms with E-state index in [0.29, 0.717) is 28.1 Å². The molecule has 1 aromatic carbocycles. The van der Waals surface area contributed by atoms with Crippen LogP contribution in [0.1, 0.15) is 25.6 Å². The lowest BCUT2D eigenvalue weighted by atomic mass is 10.1. The second-order valence-corrected chi connectivity index (χ2v) is 6.49. The number of rotatable bonds is 2. The molecule has 0 bridgehead atoms. The van der Waals surface area contributed by atoms with Gasteiger partial charge in [0.25, 0.3) is 5.56 Å². The van der Waals surface area contributed by atoms with Gasteiger partial charge in [0.05, 0.1) is 11.2 Å². The Bertz CT molecular complexity index is 1210. The molecule has 0 atom stereocenters. The topological polar surface area (TPSA) is 99.6 Å². The number of aromatic nitrogens is 5. The van der Waals surface area contributed by atoms with Crippen LogP contribution in [0.5, 0.6) is 0 Å². The molecule has 0 amide bonds. The van der Waals surface area contributed by atoms with Gasteiger partial charge in [-0.25, -0.2) is 9.97 Å². The highest BCUT2D eigenvalue weighted by molar-refractivity contribution is 5.84. The Morgan fingerprint density at radius 1 is 1.12 bits per heavy atom. The molecule has 7 heteroatoms. The minimum absolute atomic E-state index is 0.103. The fraction of sp³-hybridized carbons (Fsp3) is 0.211. The van der Waals surface area contributed by atoms with Gasteiger partial charge in [-0.2, -0.15) is 4.98 Å². The molecule has 26 heavy (non-hydrogen) atoms. The first-order valence-electron chi connectivity index (χ1n) is 8.37. The number of fused-ring (bicyclic) bond motifs is 2. The average Bonchev–Trinajstić information content (AvgIpc) is 2.60. The van der Waals surface area contributed by atoms with E-state index in [9.17, 15) is 4.79 Å². The highest BCUT2D eigenvalue weighted by Gasteiger charge is 2.18. The van der Waals surface area contributed by atoms with E-state index in [1.165, 1.54) is 0 Å². The third-order valence-electron chi connectivity index (χ3n) is 4.31. The third kappa shape index (κ3) is 2.48. The average molecular weight is 346 g/mol. The lowest BCUT2D eigenvalue weighted by molar-refractivity contribution is 0.593. The van der Waals surface area contributed by atoms with Crippen molar-refractivity contribution in [3.8, 4) is 11.3 Å². The van der Waals surface area contributed by atoms with Gasteiger partial charge in [0.2, 0.25) is 5.95 Å². The van der Waals surface area contributed by atoms with Crippen LogP contribution in [0.3, 0.4) is 0 Å². The van der Waals surface area contributed by atoms with Crippen molar-refractivity contribution in [1.82, 2.24) is 24.5 Å². The van der Waals surface area contributed by atoms with Crippen molar-refractivity contribution < 1.29 is 0 Å². The van der Waals surface area contributed by atoms with Crippen LogP contribution in [-0.2, 0) is 0 Å². The maximum Gasteiger partial charge on any atom is 0.279 e. The summed E-state index contributed by atoms with van der Waals surface area (Å²) >= 11 is 0. The van der Waals surface area contributed by atoms with Crippen LogP contribution >= 0.6 is 0 Å². The van der Waals surface area contributed by atoms with E-state index in [2.05, 4.69) is 19.9 Å². The zero-order chi connectivity index (χ0) is 18.4. The number of aryl methyl sites for hydroxylation is 1. The number of hydrogen-bond donors (Lipinski definition) is 1. The molecule has 0 saturated heterocycles. The summed E-state index contributed by atoms with van der Waals surface area (Å²) in [5, 5.41) is 0.952. The van der Waals surface area contributed by atoms with Crippen molar-refractivity contribution in [3.05, 3.63) is 52.6 Å². The minimum Gasteiger partial charge on any atom is -0.368 e. The van der Waals surface area contributed by atoms with Crippen molar-refractivity contribution in [1.29, 1.82) is 0 Å². The highest BCUT2D eigenvalue weighted by Crippen LogP contribution is 2.23. The molecule has 3 aromatic heterocycles. The van der Waals surface area contributed by atoms with Crippen molar-refractivity contribution in [2.45, 2.75) is 26.8 Å². The number of para-hydroxylation sites is 1. The molecule has 3 heterocycles. The van der Waals surface area contributed by atoms with E-state index in [4.69, 9.17) is 5.73 Å². The molecule has 0 aliphatic rings. The van der Waals surface area contributed by atoms with Gasteiger partial charge in [-0.3, -0.25) is 14.3 Å². The molecule has 0 spiro atoms. The minimum atomic E-state index is -0.220. The predicted octanol–water partition coefficient (Wildman–Crippen LogP) is 2.87. The maximum atomic E-state index is 13.2. The number of nitrogen functional groups attached to an aromatic ring is 1. The maximum absolute atomic E-state index is 13.2. The Labute approximate surface area is 149 Å². The van der Waals surface area contributed by atoms with Gasteiger partial charge in [-0.1, -0.05) is 18.2 Å². The Morgan fingerprint density at radius 2 is 1.88 bits per heavy atom. The second-order valence-electron chi connectivity index (χ2n) is 6.49. The standard InChI is InChI=1S/C19H18N6O/c1-10(2)25-17-15(11(3)22-19(20)24-17)23-16(18(25)26)13-8-12-6-4-5-7-14(12)21-9-13/h4-10H,1-3H3,(H2,20,22,24). The van der Waals surface area contributed by atoms with E-state index >= 15 is 0 Å². The van der Waals surface area contributed by atoms with E-state index in [0.717, 1.165) is 10.9 Å². The van der Waals surface area contributed by atoms with Crippen LogP contribution in [0, 0.1) is 6.92 Å². The number of nitrogens with two attached hydrogens (primary N) is 1. The van der Waals surface area contributed by atoms with Gasteiger partial charge in [0.15, 0.2) is 5.65 Å². The Morgan fingerprint density at radius 3 is 2.65 bits per heavy atom. The largest absolute Gasteiger partial charge is 0.368 e. The first-order chi connectivity index (χ1) is 12.5. The number of anilines is 1. The van der Waals surface area contributed by atoms with Gasteiger partial charge in [-0.15, -0.1) is 0 Å². The summed E-state index contributed by atoms with van der Waals surface area (Å²) in [4.78, 5) is 30.6. The summed E-state index contributed by atoms with van der Waals surface area (Å²) in [6.45, 7) is 5.67. The first-order valence-corrected chi connectivity index (χ1v) is 8.37. The van der Waals surface area contributed by atoms with Gasteiger partial charge >= 0.3 is 0 Å². The molecule has 4 aromatic rings. The smallest absolute Gasteiger partial charge is 0.279 e. The molecule has 7 nitrogen and oxygen atoms in total. The molecule has 0 unspecified atom stereocenters. The summed E-state index contributed by atoms with van der Waals surface area (Å²) in [5.74, 6) is 0.130. The molecule has 0 aliphatic heterocycles. The van der Waals surface area contributed by atoms with Crippen molar-refractivity contribution in [3.63, 3.8) is 0 Å².